The number of rotatable bonds is 2. The van der Waals surface area contributed by atoms with E-state index in [1.807, 2.05) is 0 Å². The zero-order chi connectivity index (χ0) is 18.1. The van der Waals surface area contributed by atoms with Gasteiger partial charge in [-0.1, -0.05) is 39.5 Å². The maximum Gasteiger partial charge on any atom is 0.0319 e. The van der Waals surface area contributed by atoms with Crippen LogP contribution in [0.4, 0.5) is 0 Å². The van der Waals surface area contributed by atoms with E-state index in [2.05, 4.69) is 50.8 Å². The summed E-state index contributed by atoms with van der Waals surface area (Å²) < 4.78 is 4.19. The molecule has 1 N–H and O–H groups in total. The standard InChI is InChI=1S/2C7H13.C5H11N.CH4O.Nb/c2*1-7-5-3-2-4-6-7;1-4-5(2,3)6;1-2;/h2*2,7H,3-6H2,1H3;4H2,1-3H3;2H,1H3;/q2*-1;;;. The van der Waals surface area contributed by atoms with Crippen LogP contribution >= 0.6 is 0 Å². The van der Waals surface area contributed by atoms with Crippen molar-refractivity contribution in [2.45, 2.75) is 97.9 Å². The molecule has 23 heavy (non-hydrogen) atoms. The van der Waals surface area contributed by atoms with Crippen molar-refractivity contribution in [1.82, 2.24) is 0 Å². The van der Waals surface area contributed by atoms with Crippen LogP contribution < -0.4 is 0 Å². The SMILES string of the molecule is CC1CC[CH-]CC1.CC1CC[CH-]CC1.CCC(C)(C)[N]=[Nb].CO. The molecular weight excluding hydrogens is 363 g/mol. The molecular formula is C20H41NNbO-2. The fourth-order valence-electron chi connectivity index (χ4n) is 2.26. The van der Waals surface area contributed by atoms with E-state index in [0.717, 1.165) is 25.4 Å². The summed E-state index contributed by atoms with van der Waals surface area (Å²) >= 11 is 1.55. The first-order valence-corrected chi connectivity index (χ1v) is 10.3. The van der Waals surface area contributed by atoms with Crippen LogP contribution in [0.1, 0.15) is 92.4 Å². The molecule has 0 heterocycles. The normalized spacial score (nSPS) is 19.0. The van der Waals surface area contributed by atoms with Gasteiger partial charge in [-0.25, -0.2) is 0 Å². The summed E-state index contributed by atoms with van der Waals surface area (Å²) in [4.78, 5) is 0. The Hall–Kier alpha value is 0.500. The Kier molecular flexibility index (Phi) is 19.4. The first kappa shape index (κ1) is 25.7. The molecule has 0 aliphatic heterocycles. The zero-order valence-corrected chi connectivity index (χ0v) is 18.7. The van der Waals surface area contributed by atoms with Crippen LogP contribution in [-0.4, -0.2) is 17.8 Å². The number of hydrogen-bond donors (Lipinski definition) is 1. The van der Waals surface area contributed by atoms with Crippen molar-refractivity contribution in [3.05, 3.63) is 12.8 Å². The third-order valence-electron chi connectivity index (χ3n) is 4.59. The van der Waals surface area contributed by atoms with Gasteiger partial charge in [-0.2, -0.15) is 25.7 Å². The molecule has 0 bridgehead atoms. The van der Waals surface area contributed by atoms with Gasteiger partial charge in [-0.05, 0) is 11.8 Å². The third kappa shape index (κ3) is 18.7. The molecule has 0 aromatic heterocycles. The smallest absolute Gasteiger partial charge is 0.0319 e. The van der Waals surface area contributed by atoms with Crippen molar-refractivity contribution in [3.8, 4) is 0 Å². The van der Waals surface area contributed by atoms with Crippen LogP contribution in [0.25, 0.3) is 0 Å². The van der Waals surface area contributed by atoms with Crippen LogP contribution in [0.3, 0.4) is 0 Å². The fourth-order valence-corrected chi connectivity index (χ4v) is 2.61. The zero-order valence-electron chi connectivity index (χ0n) is 16.5. The number of nitrogens with zero attached hydrogens (tertiary/aromatic N) is 1. The molecule has 3 heteroatoms. The fraction of sp³-hybridized carbons (Fsp3) is 0.900. The predicted molar refractivity (Wildman–Crippen MR) is 98.8 cm³/mol. The van der Waals surface area contributed by atoms with Crippen molar-refractivity contribution in [1.29, 1.82) is 0 Å². The van der Waals surface area contributed by atoms with Gasteiger partial charge < -0.3 is 17.9 Å². The molecule has 2 aliphatic carbocycles. The van der Waals surface area contributed by atoms with Crippen molar-refractivity contribution in [2.24, 2.45) is 15.2 Å². The quantitative estimate of drug-likeness (QED) is 0.424. The van der Waals surface area contributed by atoms with Gasteiger partial charge in [0.25, 0.3) is 0 Å². The van der Waals surface area contributed by atoms with E-state index in [1.165, 1.54) is 51.4 Å². The third-order valence-corrected chi connectivity index (χ3v) is 5.92. The van der Waals surface area contributed by atoms with Crippen LogP contribution in [0.5, 0.6) is 0 Å². The average molecular weight is 404 g/mol. The molecule has 0 spiro atoms. The summed E-state index contributed by atoms with van der Waals surface area (Å²) in [5.74, 6) is 2.01. The number of aliphatic hydroxyl groups excluding tert-OH is 1. The maximum atomic E-state index is 7.00. The van der Waals surface area contributed by atoms with E-state index < -0.39 is 0 Å². The summed E-state index contributed by atoms with van der Waals surface area (Å²) in [6.45, 7) is 11.1. The van der Waals surface area contributed by atoms with Gasteiger partial charge in [0.1, 0.15) is 0 Å². The summed E-state index contributed by atoms with van der Waals surface area (Å²) in [5, 5.41) is 7.00. The Labute approximate surface area is 159 Å². The van der Waals surface area contributed by atoms with Gasteiger partial charge in [0.2, 0.25) is 0 Å². The molecule has 2 rings (SSSR count). The van der Waals surface area contributed by atoms with Gasteiger partial charge in [0, 0.05) is 7.11 Å². The van der Waals surface area contributed by atoms with E-state index in [1.54, 1.807) is 20.9 Å². The van der Waals surface area contributed by atoms with Crippen molar-refractivity contribution >= 4 is 0 Å². The molecule has 0 amide bonds. The molecule has 2 nitrogen and oxygen atoms in total. The van der Waals surface area contributed by atoms with Crippen molar-refractivity contribution in [2.75, 3.05) is 7.11 Å². The summed E-state index contributed by atoms with van der Waals surface area (Å²) in [7, 11) is 1.00. The molecule has 0 aromatic carbocycles. The molecule has 0 saturated heterocycles. The Bertz CT molecular complexity index is 228. The first-order valence-electron chi connectivity index (χ1n) is 9.35. The van der Waals surface area contributed by atoms with E-state index in [4.69, 9.17) is 5.11 Å². The number of hydrogen-bond acceptors (Lipinski definition) is 2. The molecule has 0 atom stereocenters. The maximum absolute atomic E-state index is 7.00. The Morgan fingerprint density at radius 1 is 0.913 bits per heavy atom. The van der Waals surface area contributed by atoms with Crippen LogP contribution in [0.15, 0.2) is 3.34 Å². The summed E-state index contributed by atoms with van der Waals surface area (Å²) in [6.07, 6.45) is 17.1. The van der Waals surface area contributed by atoms with E-state index in [9.17, 15) is 0 Å². The predicted octanol–water partition coefficient (Wildman–Crippen LogP) is 6.32. The average Bonchev–Trinajstić information content (AvgIpc) is 2.59. The number of aliphatic hydroxyl groups is 1. The Balaban J connectivity index is 0. The van der Waals surface area contributed by atoms with Gasteiger partial charge >= 0.3 is 57.0 Å². The Morgan fingerprint density at radius 3 is 1.30 bits per heavy atom. The van der Waals surface area contributed by atoms with Crippen molar-refractivity contribution in [3.63, 3.8) is 0 Å². The first-order chi connectivity index (χ1) is 10.9. The Morgan fingerprint density at radius 2 is 1.22 bits per heavy atom. The van der Waals surface area contributed by atoms with Crippen LogP contribution in [0, 0.1) is 24.7 Å². The second-order valence-corrected chi connectivity index (χ2v) is 7.85. The topological polar surface area (TPSA) is 32.6 Å². The minimum Gasteiger partial charge on any atom is -0.400 e. The van der Waals surface area contributed by atoms with Gasteiger partial charge in [-0.15, -0.1) is 0 Å². The van der Waals surface area contributed by atoms with Gasteiger partial charge in [0.15, 0.2) is 0 Å². The van der Waals surface area contributed by atoms with E-state index >= 15 is 0 Å². The monoisotopic (exact) mass is 404 g/mol. The largest absolute Gasteiger partial charge is 0.400 e. The summed E-state index contributed by atoms with van der Waals surface area (Å²) in [6, 6.07) is 0. The van der Waals surface area contributed by atoms with E-state index in [-0.39, 0.29) is 5.54 Å². The molecule has 0 aromatic rings. The molecule has 139 valence electrons. The van der Waals surface area contributed by atoms with E-state index in [0.29, 0.717) is 0 Å². The van der Waals surface area contributed by atoms with Crippen LogP contribution in [0.2, 0.25) is 0 Å². The molecule has 2 aliphatic rings. The second-order valence-electron chi connectivity index (χ2n) is 7.36. The van der Waals surface area contributed by atoms with Gasteiger partial charge in [-0.3, -0.25) is 0 Å². The van der Waals surface area contributed by atoms with Crippen molar-refractivity contribution < 1.29 is 26.0 Å². The molecule has 0 unspecified atom stereocenters. The molecule has 0 radical (unpaired) electrons. The minimum absolute atomic E-state index is 0.231. The van der Waals surface area contributed by atoms with Gasteiger partial charge in [0.05, 0.1) is 0 Å². The minimum atomic E-state index is 0.231. The summed E-state index contributed by atoms with van der Waals surface area (Å²) in [5.41, 5.74) is 0.231. The molecule has 2 fully saturated rings. The second kappa shape index (κ2) is 17.3. The molecule has 2 saturated carbocycles. The van der Waals surface area contributed by atoms with Crippen LogP contribution in [-0.2, 0) is 20.9 Å².